The summed E-state index contributed by atoms with van der Waals surface area (Å²) in [5.41, 5.74) is 8.49. The molecule has 2 heterocycles. The van der Waals surface area contributed by atoms with Crippen LogP contribution in [0.15, 0.2) is 48.5 Å². The molecule has 2 fully saturated rings. The lowest BCUT2D eigenvalue weighted by Crippen LogP contribution is -2.51. The summed E-state index contributed by atoms with van der Waals surface area (Å²) in [6.07, 6.45) is 2.73. The first kappa shape index (κ1) is 26.4. The molecule has 0 aromatic heterocycles. The Morgan fingerprint density at radius 3 is 2.43 bits per heavy atom. The van der Waals surface area contributed by atoms with Gasteiger partial charge in [0.2, 0.25) is 5.91 Å². The van der Waals surface area contributed by atoms with E-state index in [-0.39, 0.29) is 23.3 Å². The van der Waals surface area contributed by atoms with Gasteiger partial charge in [0.25, 0.3) is 0 Å². The number of rotatable bonds is 6. The van der Waals surface area contributed by atoms with Gasteiger partial charge < -0.3 is 21.1 Å². The predicted molar refractivity (Wildman–Crippen MR) is 143 cm³/mol. The second-order valence-electron chi connectivity index (χ2n) is 11.2. The zero-order valence-corrected chi connectivity index (χ0v) is 22.3. The summed E-state index contributed by atoms with van der Waals surface area (Å²) in [5, 5.41) is 8.17. The summed E-state index contributed by atoms with van der Waals surface area (Å²) in [4.78, 5) is 13.7. The molecule has 0 bridgehead atoms. The number of benzene rings is 2. The molecule has 0 radical (unpaired) electrons. The maximum atomic E-state index is 13.7. The number of carbonyl (C=O) groups is 1. The highest BCUT2D eigenvalue weighted by molar-refractivity contribution is 6.30. The quantitative estimate of drug-likeness (QED) is 0.488. The number of hydrogen-bond donors (Lipinski definition) is 3. The van der Waals surface area contributed by atoms with Gasteiger partial charge in [-0.1, -0.05) is 68.2 Å². The van der Waals surface area contributed by atoms with E-state index in [1.807, 2.05) is 48.5 Å². The van der Waals surface area contributed by atoms with Crippen molar-refractivity contribution in [3.05, 3.63) is 69.7 Å². The summed E-state index contributed by atoms with van der Waals surface area (Å²) in [7, 11) is 0. The van der Waals surface area contributed by atoms with Crippen molar-refractivity contribution in [2.75, 3.05) is 19.8 Å². The van der Waals surface area contributed by atoms with Crippen LogP contribution < -0.4 is 16.4 Å². The van der Waals surface area contributed by atoms with E-state index in [1.54, 1.807) is 0 Å². The number of nitrogens with one attached hydrogen (secondary N) is 2. The Labute approximate surface area is 219 Å². The Hall–Kier alpha value is -1.63. The molecule has 2 aromatic rings. The summed E-state index contributed by atoms with van der Waals surface area (Å²) in [6.45, 7) is 8.75. The van der Waals surface area contributed by atoms with Crippen molar-refractivity contribution in [3.63, 3.8) is 0 Å². The Morgan fingerprint density at radius 1 is 1.11 bits per heavy atom. The molecule has 0 saturated carbocycles. The van der Waals surface area contributed by atoms with Gasteiger partial charge in [-0.05, 0) is 66.0 Å². The van der Waals surface area contributed by atoms with Gasteiger partial charge in [0.1, 0.15) is 0 Å². The highest BCUT2D eigenvalue weighted by Gasteiger charge is 2.56. The van der Waals surface area contributed by atoms with Crippen molar-refractivity contribution in [3.8, 4) is 0 Å². The van der Waals surface area contributed by atoms with E-state index in [9.17, 15) is 4.79 Å². The molecule has 5 nitrogen and oxygen atoms in total. The van der Waals surface area contributed by atoms with Gasteiger partial charge in [-0.15, -0.1) is 0 Å². The fraction of sp³-hybridized carbons (Fsp3) is 0.536. The van der Waals surface area contributed by atoms with Gasteiger partial charge in [-0.3, -0.25) is 4.79 Å². The van der Waals surface area contributed by atoms with Crippen LogP contribution in [0.1, 0.15) is 57.1 Å². The van der Waals surface area contributed by atoms with Gasteiger partial charge in [-0.2, -0.15) is 0 Å². The molecule has 4 unspecified atom stereocenters. The van der Waals surface area contributed by atoms with Crippen molar-refractivity contribution in [1.29, 1.82) is 0 Å². The van der Waals surface area contributed by atoms with E-state index in [1.165, 1.54) is 0 Å². The molecule has 2 saturated heterocycles. The third-order valence-electron chi connectivity index (χ3n) is 7.36. The molecule has 0 spiro atoms. The van der Waals surface area contributed by atoms with Crippen molar-refractivity contribution >= 4 is 29.1 Å². The molecule has 2 aromatic carbocycles. The predicted octanol–water partition coefficient (Wildman–Crippen LogP) is 5.25. The van der Waals surface area contributed by atoms with Crippen LogP contribution in [0.25, 0.3) is 0 Å². The monoisotopic (exact) mass is 517 g/mol. The summed E-state index contributed by atoms with van der Waals surface area (Å²) >= 11 is 12.7. The van der Waals surface area contributed by atoms with Crippen molar-refractivity contribution in [2.45, 2.75) is 63.6 Å². The van der Waals surface area contributed by atoms with Crippen LogP contribution in [0.5, 0.6) is 0 Å². The van der Waals surface area contributed by atoms with E-state index in [2.05, 4.69) is 31.4 Å². The van der Waals surface area contributed by atoms with Crippen LogP contribution in [-0.4, -0.2) is 37.7 Å². The van der Waals surface area contributed by atoms with Gasteiger partial charge in [0, 0.05) is 41.8 Å². The van der Waals surface area contributed by atoms with Crippen LogP contribution in [0.4, 0.5) is 0 Å². The van der Waals surface area contributed by atoms with Crippen LogP contribution in [0.2, 0.25) is 10.0 Å². The standard InChI is InChI=1S/C28H37Cl2N3O2/c1-27(2,3)16-23-28(31,20-7-9-21(29)10-8-20)24(19-5-4-6-22(30)15-19)25(33-23)26(34)32-17-18-11-13-35-14-12-18/h4-10,15,18,23-25,33H,11-14,16-17,31H2,1-3H3,(H,32,34). The van der Waals surface area contributed by atoms with E-state index >= 15 is 0 Å². The third-order valence-corrected chi connectivity index (χ3v) is 7.85. The fourth-order valence-corrected chi connectivity index (χ4v) is 5.93. The van der Waals surface area contributed by atoms with E-state index in [0.29, 0.717) is 22.5 Å². The molecular weight excluding hydrogens is 481 g/mol. The Balaban J connectivity index is 1.74. The molecule has 7 heteroatoms. The smallest absolute Gasteiger partial charge is 0.237 e. The molecule has 0 aliphatic carbocycles. The second kappa shape index (κ2) is 10.8. The molecule has 2 aliphatic heterocycles. The SMILES string of the molecule is CC(C)(C)CC1NC(C(=O)NCC2CCOCC2)C(c2cccc(Cl)c2)C1(N)c1ccc(Cl)cc1. The lowest BCUT2D eigenvalue weighted by molar-refractivity contribution is -0.123. The number of carbonyl (C=O) groups excluding carboxylic acids is 1. The van der Waals surface area contributed by atoms with E-state index in [4.69, 9.17) is 33.7 Å². The number of amides is 1. The van der Waals surface area contributed by atoms with E-state index < -0.39 is 11.6 Å². The van der Waals surface area contributed by atoms with Crippen LogP contribution >= 0.6 is 23.2 Å². The first-order valence-corrected chi connectivity index (χ1v) is 13.3. The van der Waals surface area contributed by atoms with Crippen LogP contribution in [0, 0.1) is 11.3 Å². The average molecular weight is 519 g/mol. The third kappa shape index (κ3) is 6.03. The van der Waals surface area contributed by atoms with Gasteiger partial charge in [0.05, 0.1) is 11.6 Å². The molecule has 1 amide bonds. The molecular formula is C28H37Cl2N3O2. The van der Waals surface area contributed by atoms with Crippen LogP contribution in [-0.2, 0) is 15.1 Å². The van der Waals surface area contributed by atoms with Gasteiger partial charge >= 0.3 is 0 Å². The highest BCUT2D eigenvalue weighted by atomic mass is 35.5. The maximum Gasteiger partial charge on any atom is 0.237 e. The number of ether oxygens (including phenoxy) is 1. The normalized spacial score (nSPS) is 27.7. The fourth-order valence-electron chi connectivity index (χ4n) is 5.60. The van der Waals surface area contributed by atoms with Crippen molar-refractivity contribution < 1.29 is 9.53 Å². The zero-order valence-electron chi connectivity index (χ0n) is 20.8. The maximum absolute atomic E-state index is 13.7. The average Bonchev–Trinajstić information content (AvgIpc) is 3.10. The topological polar surface area (TPSA) is 76.4 Å². The Kier molecular flexibility index (Phi) is 8.14. The first-order valence-electron chi connectivity index (χ1n) is 12.5. The zero-order chi connectivity index (χ0) is 25.2. The number of halogens is 2. The minimum atomic E-state index is -0.844. The Morgan fingerprint density at radius 2 is 1.80 bits per heavy atom. The summed E-state index contributed by atoms with van der Waals surface area (Å²) in [5.74, 6) is 0.0917. The Bertz CT molecular complexity index is 1020. The molecule has 35 heavy (non-hydrogen) atoms. The summed E-state index contributed by atoms with van der Waals surface area (Å²) in [6, 6.07) is 14.8. The lowest BCUT2D eigenvalue weighted by atomic mass is 9.68. The largest absolute Gasteiger partial charge is 0.381 e. The van der Waals surface area contributed by atoms with Crippen molar-refractivity contribution in [1.82, 2.24) is 10.6 Å². The number of nitrogens with two attached hydrogens (primary N) is 1. The van der Waals surface area contributed by atoms with Gasteiger partial charge in [0.15, 0.2) is 0 Å². The highest BCUT2D eigenvalue weighted by Crippen LogP contribution is 2.48. The second-order valence-corrected chi connectivity index (χ2v) is 12.1. The molecule has 4 rings (SSSR count). The van der Waals surface area contributed by atoms with Crippen molar-refractivity contribution in [2.24, 2.45) is 17.1 Å². The molecule has 2 aliphatic rings. The van der Waals surface area contributed by atoms with Gasteiger partial charge in [-0.25, -0.2) is 0 Å². The molecule has 4 N–H and O–H groups in total. The molecule has 4 atom stereocenters. The number of hydrogen-bond acceptors (Lipinski definition) is 4. The minimum Gasteiger partial charge on any atom is -0.381 e. The minimum absolute atomic E-state index is 0.00105. The van der Waals surface area contributed by atoms with E-state index in [0.717, 1.165) is 43.6 Å². The molecule has 190 valence electrons. The lowest BCUT2D eigenvalue weighted by Gasteiger charge is -2.39. The summed E-state index contributed by atoms with van der Waals surface area (Å²) < 4.78 is 5.47. The first-order chi connectivity index (χ1) is 16.6. The van der Waals surface area contributed by atoms with Crippen LogP contribution in [0.3, 0.4) is 0 Å².